The lowest BCUT2D eigenvalue weighted by molar-refractivity contribution is 0.861. The van der Waals surface area contributed by atoms with Crippen LogP contribution in [0, 0.1) is 0 Å². The molecule has 0 aliphatic carbocycles. The van der Waals surface area contributed by atoms with Crippen LogP contribution in [0.25, 0.3) is 0 Å². The van der Waals surface area contributed by atoms with Crippen molar-refractivity contribution in [1.82, 2.24) is 14.9 Å². The van der Waals surface area contributed by atoms with Gasteiger partial charge in [0.2, 0.25) is 5.95 Å². The molecule has 9 heavy (non-hydrogen) atoms. The summed E-state index contributed by atoms with van der Waals surface area (Å²) in [6.45, 7) is 0.735. The fourth-order valence-corrected chi connectivity index (χ4v) is 0.697. The van der Waals surface area contributed by atoms with Crippen molar-refractivity contribution in [1.29, 1.82) is 0 Å². The molecule has 0 bridgehead atoms. The Labute approximate surface area is 51.4 Å². The van der Waals surface area contributed by atoms with Gasteiger partial charge in [-0.3, -0.25) is 0 Å². The molecule has 0 amide bonds. The molecule has 2 rings (SSSR count). The van der Waals surface area contributed by atoms with E-state index in [-0.39, 0.29) is 0 Å². The normalized spacial score (nSPS) is 14.7. The second-order valence-electron chi connectivity index (χ2n) is 1.68. The Morgan fingerprint density at radius 2 is 2.67 bits per heavy atom. The van der Waals surface area contributed by atoms with Crippen molar-refractivity contribution in [3.63, 3.8) is 0 Å². The summed E-state index contributed by atoms with van der Waals surface area (Å²) in [5.41, 5.74) is 0. The van der Waals surface area contributed by atoms with Gasteiger partial charge in [0.15, 0.2) is 0 Å². The summed E-state index contributed by atoms with van der Waals surface area (Å²) in [6.07, 6.45) is 3.31. The van der Waals surface area contributed by atoms with Crippen LogP contribution >= 0.6 is 0 Å². The third kappa shape index (κ3) is 0.576. The Morgan fingerprint density at radius 3 is 3.56 bits per heavy atom. The van der Waals surface area contributed by atoms with E-state index in [1.807, 2.05) is 0 Å². The van der Waals surface area contributed by atoms with E-state index in [9.17, 15) is 0 Å². The van der Waals surface area contributed by atoms with Gasteiger partial charge in [-0.2, -0.15) is 9.78 Å². The number of anilines is 1. The van der Waals surface area contributed by atoms with Gasteiger partial charge in [-0.15, -0.1) is 10.2 Å². The van der Waals surface area contributed by atoms with Crippen molar-refractivity contribution >= 4 is 12.2 Å². The SMILES string of the molecule is C1=Nn2cnnc2NC1. The zero-order chi connectivity index (χ0) is 6.10. The summed E-state index contributed by atoms with van der Waals surface area (Å²) in [5, 5.41) is 14.3. The topological polar surface area (TPSA) is 55.1 Å². The monoisotopic (exact) mass is 123 g/mol. The van der Waals surface area contributed by atoms with Crippen molar-refractivity contribution in [2.75, 3.05) is 11.9 Å². The van der Waals surface area contributed by atoms with E-state index >= 15 is 0 Å². The largest absolute Gasteiger partial charge is 0.348 e. The molecule has 0 unspecified atom stereocenters. The Morgan fingerprint density at radius 1 is 1.67 bits per heavy atom. The molecule has 1 aromatic heterocycles. The molecule has 1 aliphatic heterocycles. The molecule has 0 atom stereocenters. The summed E-state index contributed by atoms with van der Waals surface area (Å²) in [7, 11) is 0. The Balaban J connectivity index is 2.53. The lowest BCUT2D eigenvalue weighted by Gasteiger charge is -2.04. The minimum absolute atomic E-state index is 0.706. The summed E-state index contributed by atoms with van der Waals surface area (Å²) in [4.78, 5) is 0. The van der Waals surface area contributed by atoms with E-state index in [1.165, 1.54) is 0 Å². The van der Waals surface area contributed by atoms with Gasteiger partial charge in [0.05, 0.1) is 6.54 Å². The minimum Gasteiger partial charge on any atom is -0.348 e. The smallest absolute Gasteiger partial charge is 0.245 e. The van der Waals surface area contributed by atoms with Crippen LogP contribution < -0.4 is 5.32 Å². The number of rotatable bonds is 0. The maximum atomic E-state index is 3.96. The van der Waals surface area contributed by atoms with Gasteiger partial charge in [-0.25, -0.2) is 0 Å². The lowest BCUT2D eigenvalue weighted by atomic mass is 10.7. The van der Waals surface area contributed by atoms with Gasteiger partial charge >= 0.3 is 0 Å². The van der Waals surface area contributed by atoms with Crippen LogP contribution in [0.3, 0.4) is 0 Å². The molecule has 1 N–H and O–H groups in total. The summed E-state index contributed by atoms with van der Waals surface area (Å²) in [5.74, 6) is 0.706. The molecule has 0 fully saturated rings. The van der Waals surface area contributed by atoms with Crippen molar-refractivity contribution < 1.29 is 0 Å². The quantitative estimate of drug-likeness (QED) is 0.507. The predicted molar refractivity (Wildman–Crippen MR) is 32.4 cm³/mol. The number of aromatic nitrogens is 3. The second-order valence-corrected chi connectivity index (χ2v) is 1.68. The highest BCUT2D eigenvalue weighted by atomic mass is 15.5. The van der Waals surface area contributed by atoms with E-state index in [1.54, 1.807) is 17.2 Å². The number of hydrogen-bond donors (Lipinski definition) is 1. The first-order chi connectivity index (χ1) is 4.47. The number of fused-ring (bicyclic) bond motifs is 1. The highest BCUT2D eigenvalue weighted by Crippen LogP contribution is 2.01. The van der Waals surface area contributed by atoms with Crippen LogP contribution in [-0.2, 0) is 0 Å². The first-order valence-corrected chi connectivity index (χ1v) is 2.63. The van der Waals surface area contributed by atoms with E-state index < -0.39 is 0 Å². The zero-order valence-electron chi connectivity index (χ0n) is 4.65. The van der Waals surface area contributed by atoms with E-state index in [0.717, 1.165) is 6.54 Å². The maximum absolute atomic E-state index is 3.96. The first-order valence-electron chi connectivity index (χ1n) is 2.63. The van der Waals surface area contributed by atoms with Gasteiger partial charge in [0.1, 0.15) is 6.33 Å². The van der Waals surface area contributed by atoms with Crippen LogP contribution in [0.15, 0.2) is 11.4 Å². The molecule has 1 aromatic rings. The van der Waals surface area contributed by atoms with Gasteiger partial charge in [-0.05, 0) is 0 Å². The third-order valence-corrected chi connectivity index (χ3v) is 1.09. The Kier molecular flexibility index (Phi) is 0.769. The van der Waals surface area contributed by atoms with Crippen LogP contribution in [0.4, 0.5) is 5.95 Å². The number of nitrogens with one attached hydrogen (secondary N) is 1. The van der Waals surface area contributed by atoms with Gasteiger partial charge in [0.25, 0.3) is 0 Å². The van der Waals surface area contributed by atoms with Crippen LogP contribution in [-0.4, -0.2) is 27.6 Å². The molecular weight excluding hydrogens is 118 g/mol. The highest BCUT2D eigenvalue weighted by molar-refractivity contribution is 5.65. The van der Waals surface area contributed by atoms with Crippen LogP contribution in [0.5, 0.6) is 0 Å². The average Bonchev–Trinajstić information content (AvgIpc) is 2.33. The number of hydrogen-bond acceptors (Lipinski definition) is 4. The standard InChI is InChI=1S/C4H5N5/c1-2-7-9-3-6-8-4(9)5-1/h2-3H,1H2,(H,5,8). The molecule has 2 heterocycles. The molecule has 0 saturated heterocycles. The molecule has 1 aliphatic rings. The summed E-state index contributed by atoms with van der Waals surface area (Å²) < 4.78 is 1.59. The Hall–Kier alpha value is -1.39. The van der Waals surface area contributed by atoms with Gasteiger partial charge < -0.3 is 5.32 Å². The number of nitrogens with zero attached hydrogens (tertiary/aromatic N) is 4. The Bertz CT molecular complexity index is 237. The molecule has 5 heteroatoms. The fourth-order valence-electron chi connectivity index (χ4n) is 0.697. The van der Waals surface area contributed by atoms with Crippen molar-refractivity contribution in [2.24, 2.45) is 5.10 Å². The second kappa shape index (κ2) is 1.54. The molecule has 5 nitrogen and oxygen atoms in total. The summed E-state index contributed by atoms with van der Waals surface area (Å²) in [6, 6.07) is 0. The van der Waals surface area contributed by atoms with E-state index in [2.05, 4.69) is 20.6 Å². The molecule has 0 spiro atoms. The van der Waals surface area contributed by atoms with Crippen LogP contribution in [0.1, 0.15) is 0 Å². The maximum Gasteiger partial charge on any atom is 0.245 e. The third-order valence-electron chi connectivity index (χ3n) is 1.09. The lowest BCUT2D eigenvalue weighted by Crippen LogP contribution is -2.12. The highest BCUT2D eigenvalue weighted by Gasteiger charge is 2.02. The first kappa shape index (κ1) is 4.49. The zero-order valence-corrected chi connectivity index (χ0v) is 4.65. The molecule has 46 valence electrons. The molecule has 0 radical (unpaired) electrons. The van der Waals surface area contributed by atoms with Gasteiger partial charge in [0, 0.05) is 6.21 Å². The molecular formula is C4H5N5. The predicted octanol–water partition coefficient (Wildman–Crippen LogP) is -0.463. The van der Waals surface area contributed by atoms with Crippen molar-refractivity contribution in [3.8, 4) is 0 Å². The van der Waals surface area contributed by atoms with Crippen molar-refractivity contribution in [3.05, 3.63) is 6.33 Å². The van der Waals surface area contributed by atoms with E-state index in [4.69, 9.17) is 0 Å². The van der Waals surface area contributed by atoms with Crippen LogP contribution in [0.2, 0.25) is 0 Å². The summed E-state index contributed by atoms with van der Waals surface area (Å²) >= 11 is 0. The minimum atomic E-state index is 0.706. The van der Waals surface area contributed by atoms with Gasteiger partial charge in [-0.1, -0.05) is 0 Å². The van der Waals surface area contributed by atoms with E-state index in [0.29, 0.717) is 5.95 Å². The molecule has 0 aromatic carbocycles. The fraction of sp³-hybridized carbons (Fsp3) is 0.250. The van der Waals surface area contributed by atoms with Crippen molar-refractivity contribution in [2.45, 2.75) is 0 Å². The average molecular weight is 123 g/mol. The molecule has 0 saturated carbocycles.